The van der Waals surface area contributed by atoms with Gasteiger partial charge in [-0.3, -0.25) is 0 Å². The quantitative estimate of drug-likeness (QED) is 0.522. The molecular formula is C10H16. The summed E-state index contributed by atoms with van der Waals surface area (Å²) >= 11 is 0. The van der Waals surface area contributed by atoms with Crippen LogP contribution in [0.25, 0.3) is 0 Å². The van der Waals surface area contributed by atoms with Crippen LogP contribution in [0.15, 0.2) is 36.5 Å². The summed E-state index contributed by atoms with van der Waals surface area (Å²) in [6, 6.07) is 0. The van der Waals surface area contributed by atoms with Crippen LogP contribution in [0.3, 0.4) is 0 Å². The molecule has 0 bridgehead atoms. The molecule has 0 aromatic carbocycles. The summed E-state index contributed by atoms with van der Waals surface area (Å²) in [6.45, 7) is 13.9. The van der Waals surface area contributed by atoms with E-state index >= 15 is 0 Å². The van der Waals surface area contributed by atoms with Gasteiger partial charge in [-0.2, -0.15) is 0 Å². The van der Waals surface area contributed by atoms with E-state index in [0.29, 0.717) is 5.92 Å². The summed E-state index contributed by atoms with van der Waals surface area (Å²) < 4.78 is 0. The van der Waals surface area contributed by atoms with Gasteiger partial charge in [-0.1, -0.05) is 50.3 Å². The van der Waals surface area contributed by atoms with Crippen LogP contribution in [-0.4, -0.2) is 0 Å². The summed E-state index contributed by atoms with van der Waals surface area (Å²) in [4.78, 5) is 0. The zero-order chi connectivity index (χ0) is 8.15. The first-order chi connectivity index (χ1) is 4.54. The molecule has 0 fully saturated rings. The van der Waals surface area contributed by atoms with E-state index < -0.39 is 0 Å². The van der Waals surface area contributed by atoms with Gasteiger partial charge in [-0.05, 0) is 12.8 Å². The van der Waals surface area contributed by atoms with Gasteiger partial charge in [-0.15, -0.1) is 0 Å². The van der Waals surface area contributed by atoms with Gasteiger partial charge in [0.2, 0.25) is 0 Å². The smallest absolute Gasteiger partial charge is 0.0225 e. The monoisotopic (exact) mass is 136 g/mol. The molecule has 0 N–H and O–H groups in total. The molecular weight excluding hydrogens is 120 g/mol. The summed E-state index contributed by atoms with van der Waals surface area (Å²) in [7, 11) is 0. The van der Waals surface area contributed by atoms with Crippen molar-refractivity contribution in [3.8, 4) is 0 Å². The van der Waals surface area contributed by atoms with E-state index in [1.165, 1.54) is 0 Å². The van der Waals surface area contributed by atoms with Gasteiger partial charge >= 0.3 is 0 Å². The maximum absolute atomic E-state index is 3.90. The molecule has 0 unspecified atom stereocenters. The normalized spacial score (nSPS) is 10.8. The Kier molecular flexibility index (Phi) is 3.78. The minimum atomic E-state index is 0.538. The van der Waals surface area contributed by atoms with Crippen molar-refractivity contribution in [1.82, 2.24) is 0 Å². The van der Waals surface area contributed by atoms with E-state index in [1.807, 2.05) is 19.1 Å². The zero-order valence-corrected chi connectivity index (χ0v) is 7.15. The minimum Gasteiger partial charge on any atom is -0.0961 e. The van der Waals surface area contributed by atoms with Crippen molar-refractivity contribution in [2.45, 2.75) is 20.8 Å². The summed E-state index contributed by atoms with van der Waals surface area (Å²) in [5, 5.41) is 0. The van der Waals surface area contributed by atoms with Crippen LogP contribution in [0.2, 0.25) is 0 Å². The van der Waals surface area contributed by atoms with Gasteiger partial charge in [0.05, 0.1) is 0 Å². The molecule has 56 valence electrons. The molecule has 0 amide bonds. The molecule has 0 aliphatic heterocycles. The Hall–Kier alpha value is -0.780. The van der Waals surface area contributed by atoms with Crippen LogP contribution in [0.4, 0.5) is 0 Å². The molecule has 0 aliphatic rings. The lowest BCUT2D eigenvalue weighted by molar-refractivity contribution is 0.795. The molecule has 0 saturated carbocycles. The Morgan fingerprint density at radius 1 is 1.20 bits per heavy atom. The van der Waals surface area contributed by atoms with Crippen LogP contribution in [-0.2, 0) is 0 Å². The van der Waals surface area contributed by atoms with Gasteiger partial charge in [0.1, 0.15) is 0 Å². The highest BCUT2D eigenvalue weighted by Gasteiger charge is 1.92. The molecule has 0 aromatic rings. The van der Waals surface area contributed by atoms with Gasteiger partial charge in [-0.25, -0.2) is 0 Å². The third-order valence-electron chi connectivity index (χ3n) is 1.32. The van der Waals surface area contributed by atoms with Crippen molar-refractivity contribution in [2.24, 2.45) is 5.92 Å². The van der Waals surface area contributed by atoms with Crippen LogP contribution < -0.4 is 0 Å². The summed E-state index contributed by atoms with van der Waals surface area (Å²) in [5.41, 5.74) is 2.23. The van der Waals surface area contributed by atoms with Crippen LogP contribution >= 0.6 is 0 Å². The van der Waals surface area contributed by atoms with Crippen molar-refractivity contribution in [3.05, 3.63) is 36.5 Å². The molecule has 0 atom stereocenters. The second-order valence-electron chi connectivity index (χ2n) is 2.91. The van der Waals surface area contributed by atoms with Gasteiger partial charge in [0.15, 0.2) is 0 Å². The fourth-order valence-corrected chi connectivity index (χ4v) is 0.442. The highest BCUT2D eigenvalue weighted by atomic mass is 14.0. The summed E-state index contributed by atoms with van der Waals surface area (Å²) in [6.07, 6.45) is 4.01. The van der Waals surface area contributed by atoms with E-state index in [9.17, 15) is 0 Å². The number of rotatable bonds is 3. The standard InChI is InChI=1S/C10H16/c1-8(2)6-7-10(5)9(3)4/h6-7,9H,1,5H2,2-4H3. The van der Waals surface area contributed by atoms with Gasteiger partial charge in [0, 0.05) is 0 Å². The van der Waals surface area contributed by atoms with Crippen molar-refractivity contribution >= 4 is 0 Å². The first-order valence-corrected chi connectivity index (χ1v) is 3.56. The third-order valence-corrected chi connectivity index (χ3v) is 1.32. The molecule has 0 radical (unpaired) electrons. The van der Waals surface area contributed by atoms with E-state index in [1.54, 1.807) is 0 Å². The number of hydrogen-bond donors (Lipinski definition) is 0. The lowest BCUT2D eigenvalue weighted by Gasteiger charge is -2.01. The first-order valence-electron chi connectivity index (χ1n) is 3.56. The lowest BCUT2D eigenvalue weighted by Crippen LogP contribution is -1.86. The van der Waals surface area contributed by atoms with E-state index in [2.05, 4.69) is 27.0 Å². The molecule has 0 nitrogen and oxygen atoms in total. The Bertz CT molecular complexity index is 159. The predicted octanol–water partition coefficient (Wildman–Crippen LogP) is 3.33. The summed E-state index contributed by atoms with van der Waals surface area (Å²) in [5.74, 6) is 0.538. The predicted molar refractivity (Wildman–Crippen MR) is 47.9 cm³/mol. The van der Waals surface area contributed by atoms with Crippen molar-refractivity contribution in [3.63, 3.8) is 0 Å². The third kappa shape index (κ3) is 4.13. The van der Waals surface area contributed by atoms with Crippen LogP contribution in [0.1, 0.15) is 20.8 Å². The SMILES string of the molecule is C=C(C)C=CC(=C)C(C)C. The maximum atomic E-state index is 3.90. The van der Waals surface area contributed by atoms with E-state index in [4.69, 9.17) is 0 Å². The van der Waals surface area contributed by atoms with Crippen molar-refractivity contribution < 1.29 is 0 Å². The second kappa shape index (κ2) is 4.10. The highest BCUT2D eigenvalue weighted by Crippen LogP contribution is 2.08. The molecule has 10 heavy (non-hydrogen) atoms. The largest absolute Gasteiger partial charge is 0.0961 e. The molecule has 0 heterocycles. The second-order valence-corrected chi connectivity index (χ2v) is 2.91. The average molecular weight is 136 g/mol. The number of allylic oxidation sites excluding steroid dienone is 4. The average Bonchev–Trinajstić information content (AvgIpc) is 1.82. The Morgan fingerprint density at radius 3 is 2.00 bits per heavy atom. The van der Waals surface area contributed by atoms with E-state index in [-0.39, 0.29) is 0 Å². The zero-order valence-electron chi connectivity index (χ0n) is 7.15. The molecule has 0 spiro atoms. The van der Waals surface area contributed by atoms with Gasteiger partial charge < -0.3 is 0 Å². The van der Waals surface area contributed by atoms with E-state index in [0.717, 1.165) is 11.1 Å². The van der Waals surface area contributed by atoms with Crippen molar-refractivity contribution in [1.29, 1.82) is 0 Å². The first kappa shape index (κ1) is 9.22. The highest BCUT2D eigenvalue weighted by molar-refractivity contribution is 5.23. The molecule has 0 aliphatic carbocycles. The van der Waals surface area contributed by atoms with Crippen LogP contribution in [0, 0.1) is 5.92 Å². The molecule has 0 saturated heterocycles. The molecule has 0 heteroatoms. The minimum absolute atomic E-state index is 0.538. The molecule has 0 rings (SSSR count). The fraction of sp³-hybridized carbons (Fsp3) is 0.400. The Labute approximate surface area is 64.0 Å². The van der Waals surface area contributed by atoms with Crippen molar-refractivity contribution in [2.75, 3.05) is 0 Å². The maximum Gasteiger partial charge on any atom is -0.0225 e. The topological polar surface area (TPSA) is 0 Å². The fourth-order valence-electron chi connectivity index (χ4n) is 0.442. The number of hydrogen-bond acceptors (Lipinski definition) is 0. The Balaban J connectivity index is 3.90. The Morgan fingerprint density at radius 2 is 1.70 bits per heavy atom. The lowest BCUT2D eigenvalue weighted by atomic mass is 10.0. The van der Waals surface area contributed by atoms with Gasteiger partial charge in [0.25, 0.3) is 0 Å². The molecule has 0 aromatic heterocycles. The van der Waals surface area contributed by atoms with Crippen LogP contribution in [0.5, 0.6) is 0 Å².